The normalized spacial score (nSPS) is 12.6. The second kappa shape index (κ2) is 5.56. The smallest absolute Gasteiger partial charge is 0.142 e. The van der Waals surface area contributed by atoms with Gasteiger partial charge in [-0.15, -0.1) is 0 Å². The molecule has 0 bridgehead atoms. The highest BCUT2D eigenvalue weighted by Gasteiger charge is 2.10. The number of rotatable bonds is 5. The number of hydrazine groups is 1. The van der Waals surface area contributed by atoms with Gasteiger partial charge in [0.1, 0.15) is 11.6 Å². The van der Waals surface area contributed by atoms with Gasteiger partial charge in [-0.25, -0.2) is 10.8 Å². The first-order chi connectivity index (χ1) is 7.17. The molecular formula is C11H20N4. The second-order valence-corrected chi connectivity index (χ2v) is 3.96. The van der Waals surface area contributed by atoms with E-state index in [9.17, 15) is 0 Å². The van der Waals surface area contributed by atoms with Crippen molar-refractivity contribution in [3.8, 4) is 0 Å². The van der Waals surface area contributed by atoms with Crippen LogP contribution in [0.5, 0.6) is 0 Å². The van der Waals surface area contributed by atoms with Crippen molar-refractivity contribution in [2.75, 3.05) is 10.7 Å². The number of hydrogen-bond donors (Lipinski definition) is 3. The molecule has 1 aromatic heterocycles. The average Bonchev–Trinajstić information content (AvgIpc) is 2.25. The number of nitrogens with one attached hydrogen (secondary N) is 2. The lowest BCUT2D eigenvalue weighted by Gasteiger charge is -2.21. The Morgan fingerprint density at radius 3 is 2.53 bits per heavy atom. The molecule has 1 unspecified atom stereocenters. The van der Waals surface area contributed by atoms with E-state index in [0.717, 1.165) is 12.2 Å². The Kier molecular flexibility index (Phi) is 4.37. The number of aromatic nitrogens is 1. The molecule has 0 aliphatic rings. The van der Waals surface area contributed by atoms with Gasteiger partial charge in [-0.3, -0.25) is 0 Å². The lowest BCUT2D eigenvalue weighted by Crippen LogP contribution is -2.25. The minimum Gasteiger partial charge on any atom is -0.367 e. The van der Waals surface area contributed by atoms with Crippen LogP contribution in [0.15, 0.2) is 18.2 Å². The Labute approximate surface area is 91.3 Å². The maximum Gasteiger partial charge on any atom is 0.142 e. The van der Waals surface area contributed by atoms with Crippen LogP contribution in [0.25, 0.3) is 0 Å². The van der Waals surface area contributed by atoms with Gasteiger partial charge in [0.2, 0.25) is 0 Å². The summed E-state index contributed by atoms with van der Waals surface area (Å²) in [5.41, 5.74) is 2.54. The molecule has 0 fully saturated rings. The van der Waals surface area contributed by atoms with Crippen molar-refractivity contribution < 1.29 is 0 Å². The molecule has 0 aliphatic carbocycles. The third kappa shape index (κ3) is 3.40. The maximum atomic E-state index is 5.30. The van der Waals surface area contributed by atoms with Crippen molar-refractivity contribution in [3.63, 3.8) is 0 Å². The largest absolute Gasteiger partial charge is 0.367 e. The molecule has 0 spiro atoms. The van der Waals surface area contributed by atoms with E-state index >= 15 is 0 Å². The van der Waals surface area contributed by atoms with E-state index in [1.54, 1.807) is 0 Å². The number of hydrogen-bond acceptors (Lipinski definition) is 4. The SMILES string of the molecule is CCC(Nc1cccc(NN)n1)C(C)C. The van der Waals surface area contributed by atoms with E-state index in [1.807, 2.05) is 18.2 Å². The highest BCUT2D eigenvalue weighted by atomic mass is 15.3. The lowest BCUT2D eigenvalue weighted by atomic mass is 10.0. The lowest BCUT2D eigenvalue weighted by molar-refractivity contribution is 0.510. The minimum absolute atomic E-state index is 0.450. The van der Waals surface area contributed by atoms with Gasteiger partial charge in [-0.05, 0) is 24.5 Å². The third-order valence-electron chi connectivity index (χ3n) is 2.47. The summed E-state index contributed by atoms with van der Waals surface area (Å²) in [7, 11) is 0. The van der Waals surface area contributed by atoms with Crippen LogP contribution in [0, 0.1) is 5.92 Å². The summed E-state index contributed by atoms with van der Waals surface area (Å²) in [5, 5.41) is 3.40. The summed E-state index contributed by atoms with van der Waals surface area (Å²) in [6.07, 6.45) is 1.08. The van der Waals surface area contributed by atoms with Crippen LogP contribution in [0.1, 0.15) is 27.2 Å². The van der Waals surface area contributed by atoms with Gasteiger partial charge in [0.25, 0.3) is 0 Å². The van der Waals surface area contributed by atoms with Gasteiger partial charge < -0.3 is 10.7 Å². The molecular weight excluding hydrogens is 188 g/mol. The maximum absolute atomic E-state index is 5.30. The van der Waals surface area contributed by atoms with Gasteiger partial charge >= 0.3 is 0 Å². The predicted octanol–water partition coefficient (Wildman–Crippen LogP) is 2.21. The monoisotopic (exact) mass is 208 g/mol. The van der Waals surface area contributed by atoms with Crippen molar-refractivity contribution in [1.29, 1.82) is 0 Å². The summed E-state index contributed by atoms with van der Waals surface area (Å²) in [6, 6.07) is 6.16. The molecule has 0 saturated carbocycles. The second-order valence-electron chi connectivity index (χ2n) is 3.96. The first-order valence-electron chi connectivity index (χ1n) is 5.37. The molecule has 1 atom stereocenters. The Morgan fingerprint density at radius 1 is 1.33 bits per heavy atom. The standard InChI is InChI=1S/C11H20N4/c1-4-9(8(2)3)13-10-6-5-7-11(14-10)15-12/h5-9H,4,12H2,1-3H3,(H2,13,14,15). The zero-order chi connectivity index (χ0) is 11.3. The zero-order valence-corrected chi connectivity index (χ0v) is 9.62. The molecule has 1 heterocycles. The fourth-order valence-corrected chi connectivity index (χ4v) is 1.53. The number of anilines is 2. The number of nitrogens with two attached hydrogens (primary N) is 1. The van der Waals surface area contributed by atoms with Crippen LogP contribution in [0.4, 0.5) is 11.6 Å². The summed E-state index contributed by atoms with van der Waals surface area (Å²) >= 11 is 0. The van der Waals surface area contributed by atoms with Gasteiger partial charge in [-0.1, -0.05) is 26.8 Å². The number of nitrogen functional groups attached to an aromatic ring is 1. The van der Waals surface area contributed by atoms with Crippen molar-refractivity contribution in [2.24, 2.45) is 11.8 Å². The van der Waals surface area contributed by atoms with Crippen LogP contribution in [-0.4, -0.2) is 11.0 Å². The van der Waals surface area contributed by atoms with Gasteiger partial charge in [-0.2, -0.15) is 0 Å². The van der Waals surface area contributed by atoms with Crippen molar-refractivity contribution in [2.45, 2.75) is 33.2 Å². The Hall–Kier alpha value is -1.29. The third-order valence-corrected chi connectivity index (χ3v) is 2.47. The van der Waals surface area contributed by atoms with Crippen LogP contribution in [0.2, 0.25) is 0 Å². The summed E-state index contributed by atoms with van der Waals surface area (Å²) in [5.74, 6) is 7.44. The van der Waals surface area contributed by atoms with E-state index in [4.69, 9.17) is 5.84 Å². The fraction of sp³-hybridized carbons (Fsp3) is 0.545. The molecule has 84 valence electrons. The van der Waals surface area contributed by atoms with Crippen LogP contribution in [0.3, 0.4) is 0 Å². The predicted molar refractivity (Wildman–Crippen MR) is 64.6 cm³/mol. The topological polar surface area (TPSA) is 63.0 Å². The molecule has 0 amide bonds. The summed E-state index contributed by atoms with van der Waals surface area (Å²) < 4.78 is 0. The number of pyridine rings is 1. The quantitative estimate of drug-likeness (QED) is 0.513. The summed E-state index contributed by atoms with van der Waals surface area (Å²) in [6.45, 7) is 6.57. The van der Waals surface area contributed by atoms with E-state index in [0.29, 0.717) is 17.8 Å². The fourth-order valence-electron chi connectivity index (χ4n) is 1.53. The van der Waals surface area contributed by atoms with Gasteiger partial charge in [0, 0.05) is 6.04 Å². The molecule has 1 aromatic rings. The number of nitrogens with zero attached hydrogens (tertiary/aromatic N) is 1. The van der Waals surface area contributed by atoms with E-state index in [2.05, 4.69) is 36.5 Å². The Bertz CT molecular complexity index is 298. The average molecular weight is 208 g/mol. The highest BCUT2D eigenvalue weighted by molar-refractivity contribution is 5.44. The molecule has 15 heavy (non-hydrogen) atoms. The molecule has 1 rings (SSSR count). The highest BCUT2D eigenvalue weighted by Crippen LogP contribution is 2.14. The Morgan fingerprint density at radius 2 is 2.00 bits per heavy atom. The van der Waals surface area contributed by atoms with Crippen LogP contribution >= 0.6 is 0 Å². The van der Waals surface area contributed by atoms with Gasteiger partial charge in [0.05, 0.1) is 0 Å². The zero-order valence-electron chi connectivity index (χ0n) is 9.62. The first kappa shape index (κ1) is 11.8. The molecule has 0 radical (unpaired) electrons. The van der Waals surface area contributed by atoms with Gasteiger partial charge in [0.15, 0.2) is 0 Å². The van der Waals surface area contributed by atoms with E-state index in [-0.39, 0.29) is 0 Å². The van der Waals surface area contributed by atoms with Crippen LogP contribution < -0.4 is 16.6 Å². The van der Waals surface area contributed by atoms with Crippen molar-refractivity contribution in [3.05, 3.63) is 18.2 Å². The Balaban J connectivity index is 2.70. The molecule has 4 nitrogen and oxygen atoms in total. The van der Waals surface area contributed by atoms with Crippen LogP contribution in [-0.2, 0) is 0 Å². The minimum atomic E-state index is 0.450. The molecule has 0 aliphatic heterocycles. The van der Waals surface area contributed by atoms with E-state index in [1.165, 1.54) is 0 Å². The molecule has 0 aromatic carbocycles. The molecule has 4 N–H and O–H groups in total. The molecule has 4 heteroatoms. The van der Waals surface area contributed by atoms with E-state index < -0.39 is 0 Å². The summed E-state index contributed by atoms with van der Waals surface area (Å²) in [4.78, 5) is 4.31. The first-order valence-corrected chi connectivity index (χ1v) is 5.37. The molecule has 0 saturated heterocycles. The van der Waals surface area contributed by atoms with Crippen molar-refractivity contribution >= 4 is 11.6 Å². The van der Waals surface area contributed by atoms with Crippen molar-refractivity contribution in [1.82, 2.24) is 4.98 Å².